The lowest BCUT2D eigenvalue weighted by Crippen LogP contribution is -2.11. The number of anilines is 1. The maximum Gasteiger partial charge on any atom is 0.255 e. The molecule has 152 valence electrons. The van der Waals surface area contributed by atoms with Crippen LogP contribution < -0.4 is 14.8 Å². The van der Waals surface area contributed by atoms with E-state index < -0.39 is 0 Å². The Bertz CT molecular complexity index is 1040. The van der Waals surface area contributed by atoms with Gasteiger partial charge in [-0.3, -0.25) is 9.59 Å². The quantitative estimate of drug-likeness (QED) is 0.532. The number of nitrogens with one attached hydrogen (secondary N) is 1. The second-order valence-corrected chi connectivity index (χ2v) is 6.68. The smallest absolute Gasteiger partial charge is 0.255 e. The summed E-state index contributed by atoms with van der Waals surface area (Å²) in [7, 11) is 1.58. The predicted octanol–water partition coefficient (Wildman–Crippen LogP) is 5.13. The first-order valence-electron chi connectivity index (χ1n) is 9.49. The van der Waals surface area contributed by atoms with Crippen LogP contribution in [-0.4, -0.2) is 18.8 Å². The summed E-state index contributed by atoms with van der Waals surface area (Å²) >= 11 is 0. The van der Waals surface area contributed by atoms with Gasteiger partial charge in [0.05, 0.1) is 7.11 Å². The first-order valence-corrected chi connectivity index (χ1v) is 9.49. The predicted molar refractivity (Wildman–Crippen MR) is 118 cm³/mol. The molecule has 3 aromatic rings. The van der Waals surface area contributed by atoms with Crippen molar-refractivity contribution in [1.82, 2.24) is 0 Å². The first kappa shape index (κ1) is 20.9. The molecule has 0 fully saturated rings. The van der Waals surface area contributed by atoms with Crippen molar-refractivity contribution >= 4 is 23.5 Å². The van der Waals surface area contributed by atoms with Gasteiger partial charge in [0.25, 0.3) is 5.91 Å². The van der Waals surface area contributed by atoms with Crippen LogP contribution in [0, 0.1) is 0 Å². The van der Waals surface area contributed by atoms with Gasteiger partial charge in [-0.25, -0.2) is 0 Å². The third kappa shape index (κ3) is 6.07. The number of benzene rings is 3. The fraction of sp³-hybridized carbons (Fsp3) is 0.120. The molecule has 0 saturated heterocycles. The van der Waals surface area contributed by atoms with Crippen molar-refractivity contribution in [2.24, 2.45) is 0 Å². The molecule has 3 aromatic carbocycles. The summed E-state index contributed by atoms with van der Waals surface area (Å²) in [4.78, 5) is 23.4. The Labute approximate surface area is 176 Å². The van der Waals surface area contributed by atoms with Crippen LogP contribution >= 0.6 is 0 Å². The van der Waals surface area contributed by atoms with Crippen molar-refractivity contribution < 1.29 is 19.1 Å². The molecule has 1 amide bonds. The molecule has 0 atom stereocenters. The molecule has 30 heavy (non-hydrogen) atoms. The minimum atomic E-state index is -0.205. The normalized spacial score (nSPS) is 10.6. The van der Waals surface area contributed by atoms with Gasteiger partial charge in [0.1, 0.15) is 18.1 Å². The van der Waals surface area contributed by atoms with Gasteiger partial charge in [-0.1, -0.05) is 36.4 Å². The number of carbonyl (C=O) groups excluding carboxylic acids is 2. The fourth-order valence-electron chi connectivity index (χ4n) is 2.71. The molecule has 0 saturated carbocycles. The third-order valence-electron chi connectivity index (χ3n) is 4.34. The molecule has 0 aromatic heterocycles. The highest BCUT2D eigenvalue weighted by atomic mass is 16.5. The maximum atomic E-state index is 12.4. The zero-order valence-corrected chi connectivity index (χ0v) is 16.9. The molecule has 0 spiro atoms. The van der Waals surface area contributed by atoms with Gasteiger partial charge in [-0.2, -0.15) is 0 Å². The molecule has 0 heterocycles. The Morgan fingerprint density at radius 3 is 2.33 bits per heavy atom. The van der Waals surface area contributed by atoms with Crippen LogP contribution in [0.3, 0.4) is 0 Å². The second kappa shape index (κ2) is 10.1. The summed E-state index contributed by atoms with van der Waals surface area (Å²) in [6.45, 7) is 1.92. The Balaban J connectivity index is 1.58. The summed E-state index contributed by atoms with van der Waals surface area (Å²) in [5, 5.41) is 2.87. The summed E-state index contributed by atoms with van der Waals surface area (Å²) in [6.07, 6.45) is 3.32. The summed E-state index contributed by atoms with van der Waals surface area (Å²) in [6, 6.07) is 22.0. The largest absolute Gasteiger partial charge is 0.497 e. The molecule has 3 rings (SSSR count). The molecule has 0 bridgehead atoms. The second-order valence-electron chi connectivity index (χ2n) is 6.68. The van der Waals surface area contributed by atoms with E-state index in [0.717, 1.165) is 11.1 Å². The van der Waals surface area contributed by atoms with Gasteiger partial charge < -0.3 is 14.8 Å². The lowest BCUT2D eigenvalue weighted by atomic mass is 10.1. The molecule has 0 unspecified atom stereocenters. The van der Waals surface area contributed by atoms with Crippen molar-refractivity contribution in [3.8, 4) is 11.5 Å². The van der Waals surface area contributed by atoms with E-state index in [1.165, 1.54) is 13.0 Å². The third-order valence-corrected chi connectivity index (χ3v) is 4.34. The van der Waals surface area contributed by atoms with Crippen molar-refractivity contribution in [3.05, 3.63) is 95.6 Å². The van der Waals surface area contributed by atoms with Gasteiger partial charge in [0.2, 0.25) is 0 Å². The Morgan fingerprint density at radius 2 is 1.67 bits per heavy atom. The lowest BCUT2D eigenvalue weighted by Gasteiger charge is -2.10. The van der Waals surface area contributed by atoms with Crippen molar-refractivity contribution in [2.45, 2.75) is 13.5 Å². The van der Waals surface area contributed by atoms with Crippen molar-refractivity contribution in [1.29, 1.82) is 0 Å². The number of hydrogen-bond donors (Lipinski definition) is 1. The zero-order valence-electron chi connectivity index (χ0n) is 16.9. The average Bonchev–Trinajstić information content (AvgIpc) is 2.77. The Morgan fingerprint density at radius 1 is 0.933 bits per heavy atom. The highest BCUT2D eigenvalue weighted by Gasteiger charge is 2.07. The van der Waals surface area contributed by atoms with Gasteiger partial charge in [0.15, 0.2) is 5.78 Å². The first-order chi connectivity index (χ1) is 14.5. The van der Waals surface area contributed by atoms with Crippen molar-refractivity contribution in [2.75, 3.05) is 12.4 Å². The number of allylic oxidation sites excluding steroid dienone is 1. The van der Waals surface area contributed by atoms with Crippen LogP contribution in [-0.2, 0) is 11.4 Å². The van der Waals surface area contributed by atoms with Gasteiger partial charge in [-0.05, 0) is 60.5 Å². The number of rotatable bonds is 8. The minimum absolute atomic E-state index is 0.0152. The van der Waals surface area contributed by atoms with E-state index in [1.54, 1.807) is 43.5 Å². The fourth-order valence-corrected chi connectivity index (χ4v) is 2.71. The Hall–Kier alpha value is -3.86. The molecule has 1 N–H and O–H groups in total. The topological polar surface area (TPSA) is 64.6 Å². The molecular formula is C25H23NO4. The number of methoxy groups -OCH3 is 1. The number of ketones is 1. The lowest BCUT2D eigenvalue weighted by molar-refractivity contribution is -0.112. The standard InChI is InChI=1S/C25H23NO4/c1-18(27)6-7-19-8-10-20(11-9-19)17-30-24-5-3-4-22(16-24)26-25(28)21-12-14-23(29-2)15-13-21/h3-16H,17H2,1-2H3,(H,26,28)/b7-6+. The monoisotopic (exact) mass is 401 g/mol. The highest BCUT2D eigenvalue weighted by molar-refractivity contribution is 6.04. The van der Waals surface area contributed by atoms with Crippen LogP contribution in [0.15, 0.2) is 78.9 Å². The van der Waals surface area contributed by atoms with Crippen LogP contribution in [0.1, 0.15) is 28.4 Å². The molecule has 0 aliphatic rings. The zero-order chi connectivity index (χ0) is 21.3. The molecule has 5 heteroatoms. The van der Waals surface area contributed by atoms with E-state index in [2.05, 4.69) is 5.32 Å². The molecule has 5 nitrogen and oxygen atoms in total. The molecule has 0 radical (unpaired) electrons. The Kier molecular flexibility index (Phi) is 7.00. The van der Waals surface area contributed by atoms with Crippen LogP contribution in [0.2, 0.25) is 0 Å². The van der Waals surface area contributed by atoms with E-state index in [0.29, 0.717) is 29.4 Å². The van der Waals surface area contributed by atoms with E-state index in [9.17, 15) is 9.59 Å². The van der Waals surface area contributed by atoms with Gasteiger partial charge >= 0.3 is 0 Å². The van der Waals surface area contributed by atoms with E-state index >= 15 is 0 Å². The minimum Gasteiger partial charge on any atom is -0.497 e. The van der Waals surface area contributed by atoms with Gasteiger partial charge in [-0.15, -0.1) is 0 Å². The van der Waals surface area contributed by atoms with Crippen molar-refractivity contribution in [3.63, 3.8) is 0 Å². The maximum absolute atomic E-state index is 12.4. The molecule has 0 aliphatic carbocycles. The summed E-state index contributed by atoms with van der Waals surface area (Å²) < 4.78 is 11.0. The number of amides is 1. The van der Waals surface area contributed by atoms with E-state index in [1.807, 2.05) is 42.5 Å². The molecule has 0 aliphatic heterocycles. The summed E-state index contributed by atoms with van der Waals surface area (Å²) in [5.74, 6) is 1.17. The summed E-state index contributed by atoms with van der Waals surface area (Å²) in [5.41, 5.74) is 3.15. The number of hydrogen-bond acceptors (Lipinski definition) is 4. The SMILES string of the molecule is COc1ccc(C(=O)Nc2cccc(OCc3ccc(/C=C/C(C)=O)cc3)c2)cc1. The van der Waals surface area contributed by atoms with Crippen LogP contribution in [0.25, 0.3) is 6.08 Å². The number of carbonyl (C=O) groups is 2. The van der Waals surface area contributed by atoms with Crippen LogP contribution in [0.5, 0.6) is 11.5 Å². The van der Waals surface area contributed by atoms with Gasteiger partial charge in [0, 0.05) is 17.3 Å². The average molecular weight is 401 g/mol. The highest BCUT2D eigenvalue weighted by Crippen LogP contribution is 2.20. The number of ether oxygens (including phenoxy) is 2. The van der Waals surface area contributed by atoms with E-state index in [-0.39, 0.29) is 11.7 Å². The van der Waals surface area contributed by atoms with Crippen LogP contribution in [0.4, 0.5) is 5.69 Å². The molecular weight excluding hydrogens is 378 g/mol. The van der Waals surface area contributed by atoms with E-state index in [4.69, 9.17) is 9.47 Å².